The topological polar surface area (TPSA) is 49.9 Å². The Morgan fingerprint density at radius 1 is 1.27 bits per heavy atom. The highest BCUT2D eigenvalue weighted by atomic mass is 35.5. The number of hydrogen-bond acceptors (Lipinski definition) is 4. The first-order valence-corrected chi connectivity index (χ1v) is 11.5. The van der Waals surface area contributed by atoms with E-state index in [0.717, 1.165) is 24.8 Å². The minimum atomic E-state index is -0.176. The van der Waals surface area contributed by atoms with Gasteiger partial charge in [-0.3, -0.25) is 9.59 Å². The molecule has 1 atom stereocenters. The van der Waals surface area contributed by atoms with Crippen molar-refractivity contribution in [1.82, 2.24) is 9.80 Å². The Balaban J connectivity index is 1.49. The standard InChI is InChI=1S/C23H25ClN2O3S/c1-2-11-25(23(28)16-3-4-16)14-22(27)26-12-9-21-19(10-13-30-21)20(26)15-29-18-7-5-17(24)6-8-18/h2,5-8,10,13,16,20H,1,3-4,9,11-12,14-15H2/t20-/m0/s1. The highest BCUT2D eigenvalue weighted by molar-refractivity contribution is 7.10. The van der Waals surface area contributed by atoms with Gasteiger partial charge in [-0.1, -0.05) is 17.7 Å². The summed E-state index contributed by atoms with van der Waals surface area (Å²) in [5, 5.41) is 2.72. The second-order valence-corrected chi connectivity index (χ2v) is 9.14. The summed E-state index contributed by atoms with van der Waals surface area (Å²) in [7, 11) is 0. The highest BCUT2D eigenvalue weighted by Crippen LogP contribution is 2.35. The van der Waals surface area contributed by atoms with Crippen LogP contribution >= 0.6 is 22.9 Å². The van der Waals surface area contributed by atoms with E-state index in [-0.39, 0.29) is 30.3 Å². The Morgan fingerprint density at radius 3 is 2.73 bits per heavy atom. The van der Waals surface area contributed by atoms with Crippen LogP contribution in [0.5, 0.6) is 5.75 Å². The van der Waals surface area contributed by atoms with Crippen molar-refractivity contribution in [2.24, 2.45) is 5.92 Å². The van der Waals surface area contributed by atoms with Crippen LogP contribution in [0.15, 0.2) is 48.4 Å². The fourth-order valence-corrected chi connectivity index (χ4v) is 4.87. The maximum Gasteiger partial charge on any atom is 0.242 e. The van der Waals surface area contributed by atoms with Gasteiger partial charge < -0.3 is 14.5 Å². The number of fused-ring (bicyclic) bond motifs is 1. The molecule has 5 nitrogen and oxygen atoms in total. The van der Waals surface area contributed by atoms with Crippen LogP contribution in [0.1, 0.15) is 29.3 Å². The normalized spacial score (nSPS) is 17.9. The molecule has 0 N–H and O–H groups in total. The largest absolute Gasteiger partial charge is 0.491 e. The second kappa shape index (κ2) is 9.23. The van der Waals surface area contributed by atoms with Crippen LogP contribution in [0.3, 0.4) is 0 Å². The summed E-state index contributed by atoms with van der Waals surface area (Å²) in [5.74, 6) is 0.802. The van der Waals surface area contributed by atoms with Crippen LogP contribution in [-0.2, 0) is 16.0 Å². The van der Waals surface area contributed by atoms with Gasteiger partial charge in [-0.2, -0.15) is 0 Å². The first kappa shape index (κ1) is 20.9. The van der Waals surface area contributed by atoms with Crippen LogP contribution in [0.4, 0.5) is 0 Å². The summed E-state index contributed by atoms with van der Waals surface area (Å²) >= 11 is 7.67. The number of benzene rings is 1. The number of halogens is 1. The lowest BCUT2D eigenvalue weighted by Gasteiger charge is -2.37. The van der Waals surface area contributed by atoms with Crippen LogP contribution in [0.2, 0.25) is 5.02 Å². The van der Waals surface area contributed by atoms with Gasteiger partial charge in [-0.25, -0.2) is 0 Å². The quantitative estimate of drug-likeness (QED) is 0.569. The van der Waals surface area contributed by atoms with Gasteiger partial charge in [0.15, 0.2) is 0 Å². The Labute approximate surface area is 185 Å². The van der Waals surface area contributed by atoms with Gasteiger partial charge in [0.1, 0.15) is 18.9 Å². The summed E-state index contributed by atoms with van der Waals surface area (Å²) in [5.41, 5.74) is 1.14. The molecule has 1 aliphatic carbocycles. The number of nitrogens with zero attached hydrogens (tertiary/aromatic N) is 2. The fourth-order valence-electron chi connectivity index (χ4n) is 3.81. The predicted octanol–water partition coefficient (Wildman–Crippen LogP) is 4.33. The minimum absolute atomic E-state index is 0.0487. The Morgan fingerprint density at radius 2 is 2.03 bits per heavy atom. The van der Waals surface area contributed by atoms with Gasteiger partial charge in [-0.15, -0.1) is 17.9 Å². The maximum absolute atomic E-state index is 13.3. The molecular weight excluding hydrogens is 420 g/mol. The lowest BCUT2D eigenvalue weighted by atomic mass is 10.0. The average molecular weight is 445 g/mol. The van der Waals surface area contributed by atoms with Crippen molar-refractivity contribution in [3.8, 4) is 5.75 Å². The number of thiophene rings is 1. The summed E-state index contributed by atoms with van der Waals surface area (Å²) in [6.45, 7) is 5.20. The smallest absolute Gasteiger partial charge is 0.242 e. The van der Waals surface area contributed by atoms with E-state index in [2.05, 4.69) is 18.0 Å². The van der Waals surface area contributed by atoms with E-state index in [9.17, 15) is 9.59 Å². The van der Waals surface area contributed by atoms with Gasteiger partial charge in [0.05, 0.1) is 6.04 Å². The van der Waals surface area contributed by atoms with E-state index in [0.29, 0.717) is 30.5 Å². The van der Waals surface area contributed by atoms with Crippen molar-refractivity contribution >= 4 is 34.8 Å². The molecule has 1 aromatic heterocycles. The maximum atomic E-state index is 13.3. The molecule has 0 radical (unpaired) electrons. The molecule has 2 aliphatic rings. The Kier molecular flexibility index (Phi) is 6.44. The van der Waals surface area contributed by atoms with E-state index in [1.54, 1.807) is 34.4 Å². The van der Waals surface area contributed by atoms with Crippen molar-refractivity contribution in [2.45, 2.75) is 25.3 Å². The minimum Gasteiger partial charge on any atom is -0.491 e. The lowest BCUT2D eigenvalue weighted by Crippen LogP contribution is -2.48. The molecule has 1 aliphatic heterocycles. The Hall–Kier alpha value is -2.31. The number of hydrogen-bond donors (Lipinski definition) is 0. The van der Waals surface area contributed by atoms with Crippen LogP contribution in [-0.4, -0.2) is 47.9 Å². The lowest BCUT2D eigenvalue weighted by molar-refractivity contribution is -0.142. The summed E-state index contributed by atoms with van der Waals surface area (Å²) in [4.78, 5) is 30.6. The van der Waals surface area contributed by atoms with Crippen molar-refractivity contribution in [1.29, 1.82) is 0 Å². The molecule has 1 aromatic carbocycles. The molecule has 4 rings (SSSR count). The van der Waals surface area contributed by atoms with Gasteiger partial charge in [-0.05, 0) is 60.5 Å². The zero-order valence-corrected chi connectivity index (χ0v) is 18.3. The molecule has 7 heteroatoms. The third kappa shape index (κ3) is 4.71. The zero-order valence-electron chi connectivity index (χ0n) is 16.8. The van der Waals surface area contributed by atoms with Crippen molar-refractivity contribution in [3.05, 3.63) is 63.8 Å². The second-order valence-electron chi connectivity index (χ2n) is 7.70. The number of ether oxygens (including phenoxy) is 1. The molecule has 0 spiro atoms. The molecule has 1 saturated carbocycles. The molecule has 2 heterocycles. The molecule has 30 heavy (non-hydrogen) atoms. The van der Waals surface area contributed by atoms with Crippen LogP contribution in [0, 0.1) is 5.92 Å². The van der Waals surface area contributed by atoms with E-state index in [1.807, 2.05) is 17.0 Å². The number of amides is 2. The van der Waals surface area contributed by atoms with Crippen molar-refractivity contribution in [2.75, 3.05) is 26.2 Å². The van der Waals surface area contributed by atoms with Crippen LogP contribution < -0.4 is 4.74 Å². The van der Waals surface area contributed by atoms with Gasteiger partial charge in [0, 0.05) is 28.9 Å². The number of carbonyl (C=O) groups excluding carboxylic acids is 2. The number of rotatable bonds is 8. The van der Waals surface area contributed by atoms with E-state index < -0.39 is 0 Å². The number of carbonyl (C=O) groups is 2. The molecule has 0 bridgehead atoms. The predicted molar refractivity (Wildman–Crippen MR) is 119 cm³/mol. The fraction of sp³-hybridized carbons (Fsp3) is 0.391. The molecule has 0 saturated heterocycles. The van der Waals surface area contributed by atoms with Crippen molar-refractivity contribution < 1.29 is 14.3 Å². The SMILES string of the molecule is C=CCN(CC(=O)N1CCc2sccc2[C@@H]1COc1ccc(Cl)cc1)C(=O)C1CC1. The van der Waals surface area contributed by atoms with Crippen molar-refractivity contribution in [3.63, 3.8) is 0 Å². The molecular formula is C23H25ClN2O3S. The molecule has 2 aromatic rings. The molecule has 0 unspecified atom stereocenters. The summed E-state index contributed by atoms with van der Waals surface area (Å²) in [6, 6.07) is 9.12. The summed E-state index contributed by atoms with van der Waals surface area (Å²) in [6.07, 6.45) is 4.34. The third-order valence-electron chi connectivity index (χ3n) is 5.55. The first-order valence-electron chi connectivity index (χ1n) is 10.2. The highest BCUT2D eigenvalue weighted by Gasteiger charge is 2.36. The van der Waals surface area contributed by atoms with Gasteiger partial charge >= 0.3 is 0 Å². The average Bonchev–Trinajstić information content (AvgIpc) is 3.49. The molecule has 2 amide bonds. The Bertz CT molecular complexity index is 923. The van der Waals surface area contributed by atoms with Crippen LogP contribution in [0.25, 0.3) is 0 Å². The third-order valence-corrected chi connectivity index (χ3v) is 6.80. The first-order chi connectivity index (χ1) is 14.6. The zero-order chi connectivity index (χ0) is 21.1. The van der Waals surface area contributed by atoms with Gasteiger partial charge in [0.25, 0.3) is 0 Å². The van der Waals surface area contributed by atoms with Gasteiger partial charge in [0.2, 0.25) is 11.8 Å². The van der Waals surface area contributed by atoms with E-state index in [4.69, 9.17) is 16.3 Å². The summed E-state index contributed by atoms with van der Waals surface area (Å²) < 4.78 is 6.01. The van der Waals surface area contributed by atoms with E-state index >= 15 is 0 Å². The molecule has 1 fully saturated rings. The molecule has 158 valence electrons. The monoisotopic (exact) mass is 444 g/mol. The van der Waals surface area contributed by atoms with E-state index in [1.165, 1.54) is 4.88 Å².